The lowest BCUT2D eigenvalue weighted by Crippen LogP contribution is -2.55. The van der Waals surface area contributed by atoms with Gasteiger partial charge < -0.3 is 53.8 Å². The maximum Gasteiger partial charge on any atom is 0.318 e. The number of likely N-dealkylation sites (tertiary alicyclic amines) is 1. The predicted octanol–water partition coefficient (Wildman–Crippen LogP) is 5.88. The maximum atomic E-state index is 12.9. The summed E-state index contributed by atoms with van der Waals surface area (Å²) in [4.78, 5) is 63.6. The molecule has 4 aromatic carbocycles. The second-order valence-corrected chi connectivity index (χ2v) is 23.3. The molecule has 2 aromatic heterocycles. The quantitative estimate of drug-likeness (QED) is 0.106. The lowest BCUT2D eigenvalue weighted by molar-refractivity contribution is -0.129. The first kappa shape index (κ1) is 57.1. The molecule has 4 saturated heterocycles. The summed E-state index contributed by atoms with van der Waals surface area (Å²) in [7, 11) is 4.24. The summed E-state index contributed by atoms with van der Waals surface area (Å²) < 4.78 is 19.9. The van der Waals surface area contributed by atoms with Crippen LogP contribution in [0.3, 0.4) is 0 Å². The first-order chi connectivity index (χ1) is 41.6. The van der Waals surface area contributed by atoms with E-state index in [1.54, 1.807) is 9.80 Å². The third kappa shape index (κ3) is 12.1. The van der Waals surface area contributed by atoms with Crippen LogP contribution in [0.25, 0.3) is 21.5 Å². The summed E-state index contributed by atoms with van der Waals surface area (Å²) in [5, 5.41) is 27.8. The van der Waals surface area contributed by atoms with Gasteiger partial charge in [-0.3, -0.25) is 14.5 Å². The van der Waals surface area contributed by atoms with E-state index in [9.17, 15) is 20.1 Å². The van der Waals surface area contributed by atoms with Gasteiger partial charge in [-0.05, 0) is 74.0 Å². The van der Waals surface area contributed by atoms with Crippen LogP contribution in [0.1, 0.15) is 47.3 Å². The van der Waals surface area contributed by atoms with Gasteiger partial charge in [-0.15, -0.1) is 0 Å². The molecule has 0 saturated carbocycles. The predicted molar refractivity (Wildman–Crippen MR) is 328 cm³/mol. The van der Waals surface area contributed by atoms with Crippen molar-refractivity contribution >= 4 is 56.4 Å². The molecule has 0 bridgehead atoms. The Labute approximate surface area is 497 Å². The Morgan fingerprint density at radius 3 is 1.81 bits per heavy atom. The van der Waals surface area contributed by atoms with E-state index in [1.807, 2.05) is 0 Å². The monoisotopic (exact) mass is 1150 g/mol. The van der Waals surface area contributed by atoms with E-state index in [1.165, 1.54) is 22.9 Å². The standard InChI is InChI=1S/C65H75N15O5/c1-5-60(81)79-32-30-77(36-47(79)20-24-66)62-55-23-28-76(40-57(55)69-64(71-62)84-42-46-35-73(3)29-26-68-46)59-19-18-45(51-14-9-10-16-53(51)59)41-83-50-34-49(74(4)38-50)43-85-65-70-56-39-75(58-17-11-13-44-12-7-8-15-52(44)58)27-22-54(56)63(72-65)78-31-33-80(61(82)6-2)48(37-78)21-25-67/h5-19,46-50,68H,1-2,20-23,26-43H2,3-4H3/t46-,47?,48?,49-,50-/m0/s1. The van der Waals surface area contributed by atoms with E-state index in [0.29, 0.717) is 90.6 Å². The molecule has 2 unspecified atom stereocenters. The maximum absolute atomic E-state index is 12.9. The Kier molecular flexibility index (Phi) is 17.1. The third-order valence-corrected chi connectivity index (χ3v) is 18.0. The Bertz CT molecular complexity index is 3560. The van der Waals surface area contributed by atoms with Crippen LogP contribution in [0.2, 0.25) is 0 Å². The van der Waals surface area contributed by atoms with Crippen LogP contribution < -0.4 is 34.4 Å². The number of ether oxygens (including phenoxy) is 3. The van der Waals surface area contributed by atoms with Gasteiger partial charge in [0.2, 0.25) is 11.8 Å². The van der Waals surface area contributed by atoms with Crippen LogP contribution in [0.5, 0.6) is 12.0 Å². The van der Waals surface area contributed by atoms with Crippen molar-refractivity contribution in [2.24, 2.45) is 0 Å². The SMILES string of the molecule is C=CC(=O)N1CCN(c2nc(OC[C@@H]3C[C@H](OCc4ccc(N5CCc6c(nc(OC[C@@H]7CN(C)CCN7)nc6N6CCN(C(=O)C=C)C(CC#N)C6)C5)c5ccccc45)CN3C)nc3c2CCN(c2cccc4ccccc24)C3)CC1CC#N. The molecule has 0 spiro atoms. The normalized spacial score (nSPS) is 22.0. The molecule has 12 rings (SSSR count). The average Bonchev–Trinajstić information content (AvgIpc) is 3.14. The van der Waals surface area contributed by atoms with Crippen molar-refractivity contribution in [1.29, 1.82) is 10.5 Å². The number of nitriles is 2. The van der Waals surface area contributed by atoms with Crippen molar-refractivity contribution in [2.45, 2.75) is 82.1 Å². The Balaban J connectivity index is 0.740. The number of hydrogen-bond donors (Lipinski definition) is 1. The molecule has 0 aliphatic carbocycles. The van der Waals surface area contributed by atoms with Crippen LogP contribution in [-0.4, -0.2) is 187 Å². The summed E-state index contributed by atoms with van der Waals surface area (Å²) in [6, 6.07) is 32.7. The molecule has 85 heavy (non-hydrogen) atoms. The molecule has 6 aliphatic heterocycles. The highest BCUT2D eigenvalue weighted by atomic mass is 16.5. The highest BCUT2D eigenvalue weighted by Gasteiger charge is 2.37. The van der Waals surface area contributed by atoms with E-state index in [0.717, 1.165) is 114 Å². The number of carbonyl (C=O) groups excluding carboxylic acids is 2. The van der Waals surface area contributed by atoms with Crippen molar-refractivity contribution in [3.8, 4) is 24.2 Å². The van der Waals surface area contributed by atoms with E-state index in [-0.39, 0.29) is 54.9 Å². The minimum absolute atomic E-state index is 0.0303. The van der Waals surface area contributed by atoms with Gasteiger partial charge in [-0.25, -0.2) is 0 Å². The van der Waals surface area contributed by atoms with Crippen molar-refractivity contribution in [1.82, 2.24) is 44.9 Å². The highest BCUT2D eigenvalue weighted by Crippen LogP contribution is 2.39. The second kappa shape index (κ2) is 25.4. The number of fused-ring (bicyclic) bond motifs is 4. The van der Waals surface area contributed by atoms with Crippen molar-refractivity contribution in [3.63, 3.8) is 0 Å². The summed E-state index contributed by atoms with van der Waals surface area (Å²) in [5.41, 5.74) is 7.36. The third-order valence-electron chi connectivity index (χ3n) is 18.0. The Morgan fingerprint density at radius 2 is 1.20 bits per heavy atom. The smallest absolute Gasteiger partial charge is 0.318 e. The van der Waals surface area contributed by atoms with Crippen molar-refractivity contribution in [2.75, 3.05) is 125 Å². The molecule has 6 aliphatic rings. The Morgan fingerprint density at radius 1 is 0.624 bits per heavy atom. The summed E-state index contributed by atoms with van der Waals surface area (Å²) in [6.07, 6.45) is 5.25. The molecule has 6 aromatic rings. The zero-order chi connectivity index (χ0) is 58.6. The number of anilines is 4. The number of piperazine rings is 3. The lowest BCUT2D eigenvalue weighted by Gasteiger charge is -2.42. The second-order valence-electron chi connectivity index (χ2n) is 23.3. The van der Waals surface area contributed by atoms with Gasteiger partial charge in [0.15, 0.2) is 0 Å². The van der Waals surface area contributed by atoms with Gasteiger partial charge in [0, 0.05) is 118 Å². The van der Waals surface area contributed by atoms with Gasteiger partial charge in [0.05, 0.1) is 80.3 Å². The van der Waals surface area contributed by atoms with E-state index in [2.05, 4.69) is 153 Å². The average molecular weight is 1150 g/mol. The molecule has 8 heterocycles. The van der Waals surface area contributed by atoms with Crippen LogP contribution >= 0.6 is 0 Å². The number of carbonyl (C=O) groups is 2. The number of rotatable bonds is 17. The van der Waals surface area contributed by atoms with Crippen molar-refractivity contribution < 1.29 is 23.8 Å². The van der Waals surface area contributed by atoms with Crippen molar-refractivity contribution in [3.05, 3.63) is 132 Å². The molecule has 0 radical (unpaired) electrons. The van der Waals surface area contributed by atoms with E-state index < -0.39 is 0 Å². The van der Waals surface area contributed by atoms with E-state index >= 15 is 0 Å². The number of likely N-dealkylation sites (N-methyl/N-ethyl adjacent to an activating group) is 2. The fraction of sp³-hybridized carbons (Fsp3) is 0.446. The fourth-order valence-electron chi connectivity index (χ4n) is 13.5. The summed E-state index contributed by atoms with van der Waals surface area (Å²) >= 11 is 0. The fourth-order valence-corrected chi connectivity index (χ4v) is 13.5. The van der Waals surface area contributed by atoms with Crippen LogP contribution in [-0.2, 0) is 46.9 Å². The minimum Gasteiger partial charge on any atom is -0.462 e. The molecule has 20 nitrogen and oxygen atoms in total. The van der Waals surface area contributed by atoms with Gasteiger partial charge in [-0.2, -0.15) is 30.5 Å². The van der Waals surface area contributed by atoms with Crippen LogP contribution in [0.4, 0.5) is 23.0 Å². The van der Waals surface area contributed by atoms with Crippen LogP contribution in [0, 0.1) is 22.7 Å². The van der Waals surface area contributed by atoms with Gasteiger partial charge >= 0.3 is 12.0 Å². The number of nitrogens with one attached hydrogen (secondary N) is 1. The molecule has 5 atom stereocenters. The molecule has 440 valence electrons. The number of aromatic nitrogens is 4. The van der Waals surface area contributed by atoms with Crippen LogP contribution in [0.15, 0.2) is 104 Å². The zero-order valence-electron chi connectivity index (χ0n) is 48.8. The molecule has 20 heteroatoms. The van der Waals surface area contributed by atoms with Gasteiger partial charge in [0.1, 0.15) is 24.8 Å². The summed E-state index contributed by atoms with van der Waals surface area (Å²) in [6.45, 7) is 17.8. The highest BCUT2D eigenvalue weighted by molar-refractivity contribution is 5.97. The number of amides is 2. The number of nitrogens with zero attached hydrogens (tertiary/aromatic N) is 14. The number of hydrogen-bond acceptors (Lipinski definition) is 18. The molecular weight excluding hydrogens is 1070 g/mol. The summed E-state index contributed by atoms with van der Waals surface area (Å²) in [5.74, 6) is 1.29. The molecule has 4 fully saturated rings. The minimum atomic E-state index is -0.303. The first-order valence-electron chi connectivity index (χ1n) is 29.9. The molecule has 1 N–H and O–H groups in total. The number of benzene rings is 4. The molecule has 2 amide bonds. The van der Waals surface area contributed by atoms with Gasteiger partial charge in [-0.1, -0.05) is 79.9 Å². The zero-order valence-corrected chi connectivity index (χ0v) is 48.8. The first-order valence-corrected chi connectivity index (χ1v) is 29.9. The topological polar surface area (TPSA) is 199 Å². The molecular formula is C65H75N15O5. The largest absolute Gasteiger partial charge is 0.462 e. The van der Waals surface area contributed by atoms with Gasteiger partial charge in [0.25, 0.3) is 0 Å². The van der Waals surface area contributed by atoms with E-state index in [4.69, 9.17) is 34.1 Å². The lowest BCUT2D eigenvalue weighted by atomic mass is 9.99. The Hall–Kier alpha value is -8.40.